The lowest BCUT2D eigenvalue weighted by atomic mass is 10.1. The van der Waals surface area contributed by atoms with E-state index in [0.717, 1.165) is 5.56 Å². The van der Waals surface area contributed by atoms with E-state index in [2.05, 4.69) is 10.6 Å². The lowest BCUT2D eigenvalue weighted by Gasteiger charge is -2.19. The topological polar surface area (TPSA) is 112 Å². The summed E-state index contributed by atoms with van der Waals surface area (Å²) in [5, 5.41) is 5.31. The van der Waals surface area contributed by atoms with E-state index in [0.29, 0.717) is 17.9 Å². The van der Waals surface area contributed by atoms with E-state index in [1.807, 2.05) is 13.0 Å². The summed E-state index contributed by atoms with van der Waals surface area (Å²) >= 11 is 0. The molecule has 1 aromatic rings. The zero-order valence-electron chi connectivity index (χ0n) is 17.2. The van der Waals surface area contributed by atoms with Crippen LogP contribution in [0.3, 0.4) is 0 Å². The van der Waals surface area contributed by atoms with Crippen LogP contribution in [0, 0.1) is 0 Å². The molecule has 0 fully saturated rings. The van der Waals surface area contributed by atoms with Gasteiger partial charge < -0.3 is 29.6 Å². The van der Waals surface area contributed by atoms with E-state index in [9.17, 15) is 14.4 Å². The summed E-state index contributed by atoms with van der Waals surface area (Å²) in [5.41, 5.74) is 0.274. The van der Waals surface area contributed by atoms with Crippen LogP contribution < -0.4 is 20.1 Å². The van der Waals surface area contributed by atoms with Crippen LogP contribution in [0.15, 0.2) is 18.2 Å². The number of hydrogen-bond acceptors (Lipinski definition) is 7. The van der Waals surface area contributed by atoms with Gasteiger partial charge in [0.1, 0.15) is 5.60 Å². The number of benzene rings is 1. The number of hydrogen-bond donors (Lipinski definition) is 2. The Labute approximate surface area is 170 Å². The first-order chi connectivity index (χ1) is 13.6. The lowest BCUT2D eigenvalue weighted by molar-refractivity contribution is -0.148. The molecule has 0 spiro atoms. The van der Waals surface area contributed by atoms with Crippen molar-refractivity contribution < 1.29 is 33.3 Å². The first-order valence-electron chi connectivity index (χ1n) is 9.45. The van der Waals surface area contributed by atoms with Gasteiger partial charge in [0.25, 0.3) is 5.91 Å². The van der Waals surface area contributed by atoms with Crippen LogP contribution in [0.4, 0.5) is 4.79 Å². The molecule has 9 nitrogen and oxygen atoms in total. The van der Waals surface area contributed by atoms with Crippen LogP contribution in [0.2, 0.25) is 0 Å². The van der Waals surface area contributed by atoms with Gasteiger partial charge in [0.15, 0.2) is 18.1 Å². The van der Waals surface area contributed by atoms with Gasteiger partial charge in [-0.05, 0) is 51.8 Å². The monoisotopic (exact) mass is 408 g/mol. The minimum absolute atomic E-state index is 0.0841. The third-order valence-electron chi connectivity index (χ3n) is 3.86. The van der Waals surface area contributed by atoms with Gasteiger partial charge in [-0.15, -0.1) is 0 Å². The van der Waals surface area contributed by atoms with Crippen LogP contribution in [0.1, 0.15) is 52.1 Å². The number of rotatable bonds is 8. The molecule has 0 aromatic heterocycles. The maximum Gasteiger partial charge on any atom is 0.407 e. The van der Waals surface area contributed by atoms with Crippen LogP contribution in [0.25, 0.3) is 0 Å². The molecule has 1 aliphatic rings. The Balaban J connectivity index is 1.62. The van der Waals surface area contributed by atoms with Gasteiger partial charge in [-0.25, -0.2) is 4.79 Å². The SMILES string of the molecule is C[C@H](NC(=O)COC(=O)CCCNC(=O)OC(C)(C)C)c1ccc2c(c1)OCO2. The average molecular weight is 408 g/mol. The molecule has 29 heavy (non-hydrogen) atoms. The largest absolute Gasteiger partial charge is 0.456 e. The molecule has 9 heteroatoms. The highest BCUT2D eigenvalue weighted by atomic mass is 16.7. The quantitative estimate of drug-likeness (QED) is 0.502. The molecule has 1 atom stereocenters. The molecule has 160 valence electrons. The fraction of sp³-hybridized carbons (Fsp3) is 0.550. The van der Waals surface area contributed by atoms with Gasteiger partial charge in [0.05, 0.1) is 6.04 Å². The molecule has 0 aliphatic carbocycles. The van der Waals surface area contributed by atoms with Gasteiger partial charge in [-0.2, -0.15) is 0 Å². The van der Waals surface area contributed by atoms with Crippen LogP contribution in [-0.2, 0) is 19.1 Å². The third-order valence-corrected chi connectivity index (χ3v) is 3.86. The molecule has 1 aliphatic heterocycles. The van der Waals surface area contributed by atoms with Crippen molar-refractivity contribution in [2.45, 2.75) is 52.2 Å². The van der Waals surface area contributed by atoms with Crippen molar-refractivity contribution in [1.29, 1.82) is 0 Å². The Bertz CT molecular complexity index is 743. The van der Waals surface area contributed by atoms with Gasteiger partial charge in [0, 0.05) is 13.0 Å². The van der Waals surface area contributed by atoms with E-state index in [1.165, 1.54) is 0 Å². The summed E-state index contributed by atoms with van der Waals surface area (Å²) < 4.78 is 20.6. The second-order valence-corrected chi connectivity index (χ2v) is 7.59. The number of carbonyl (C=O) groups excluding carboxylic acids is 3. The van der Waals surface area contributed by atoms with Crippen molar-refractivity contribution >= 4 is 18.0 Å². The Hall–Kier alpha value is -2.97. The average Bonchev–Trinajstić information content (AvgIpc) is 3.09. The highest BCUT2D eigenvalue weighted by molar-refractivity contribution is 5.80. The number of alkyl carbamates (subject to hydrolysis) is 1. The first kappa shape index (κ1) is 22.3. The molecule has 1 aromatic carbocycles. The van der Waals surface area contributed by atoms with Crippen LogP contribution in [-0.4, -0.2) is 43.5 Å². The second-order valence-electron chi connectivity index (χ2n) is 7.59. The molecule has 0 radical (unpaired) electrons. The second kappa shape index (κ2) is 9.99. The van der Waals surface area contributed by atoms with Gasteiger partial charge >= 0.3 is 12.1 Å². The summed E-state index contributed by atoms with van der Waals surface area (Å²) in [5.74, 6) is 0.384. The lowest BCUT2D eigenvalue weighted by Crippen LogP contribution is -2.33. The zero-order valence-corrected chi connectivity index (χ0v) is 17.2. The maximum absolute atomic E-state index is 12.0. The minimum Gasteiger partial charge on any atom is -0.456 e. The van der Waals surface area contributed by atoms with Crippen LogP contribution in [0.5, 0.6) is 11.5 Å². The molecule has 2 amide bonds. The van der Waals surface area contributed by atoms with Crippen molar-refractivity contribution in [3.05, 3.63) is 23.8 Å². The molecule has 0 unspecified atom stereocenters. The highest BCUT2D eigenvalue weighted by Gasteiger charge is 2.18. The molecular formula is C20H28N2O7. The standard InChI is InChI=1S/C20H28N2O7/c1-13(14-7-8-15-16(10-14)28-12-27-15)22-17(23)11-26-18(24)6-5-9-21-19(25)29-20(2,3)4/h7-8,10,13H,5-6,9,11-12H2,1-4H3,(H,21,25)(H,22,23)/t13-/m0/s1. The first-order valence-corrected chi connectivity index (χ1v) is 9.45. The molecule has 2 N–H and O–H groups in total. The number of fused-ring (bicyclic) bond motifs is 1. The molecular weight excluding hydrogens is 380 g/mol. The Morgan fingerprint density at radius 3 is 2.62 bits per heavy atom. The van der Waals surface area contributed by atoms with Crippen molar-refractivity contribution in [2.75, 3.05) is 19.9 Å². The van der Waals surface area contributed by atoms with Crippen molar-refractivity contribution in [2.24, 2.45) is 0 Å². The zero-order chi connectivity index (χ0) is 21.4. The summed E-state index contributed by atoms with van der Waals surface area (Å²) in [6, 6.07) is 5.14. The molecule has 2 rings (SSSR count). The highest BCUT2D eigenvalue weighted by Crippen LogP contribution is 2.34. The Morgan fingerprint density at radius 2 is 1.90 bits per heavy atom. The number of carbonyl (C=O) groups is 3. The predicted molar refractivity (Wildman–Crippen MR) is 104 cm³/mol. The Morgan fingerprint density at radius 1 is 1.17 bits per heavy atom. The van der Waals surface area contributed by atoms with Gasteiger partial charge in [-0.3, -0.25) is 9.59 Å². The normalized spacial score (nSPS) is 13.4. The van der Waals surface area contributed by atoms with E-state index >= 15 is 0 Å². The predicted octanol–water partition coefficient (Wildman–Crippen LogP) is 2.44. The summed E-state index contributed by atoms with van der Waals surface area (Å²) in [6.45, 7) is 7.21. The van der Waals surface area contributed by atoms with Gasteiger partial charge in [-0.1, -0.05) is 6.07 Å². The van der Waals surface area contributed by atoms with Crippen molar-refractivity contribution in [1.82, 2.24) is 10.6 Å². The fourth-order valence-electron chi connectivity index (χ4n) is 2.50. The van der Waals surface area contributed by atoms with E-state index in [4.69, 9.17) is 18.9 Å². The van der Waals surface area contributed by atoms with Crippen molar-refractivity contribution in [3.63, 3.8) is 0 Å². The van der Waals surface area contributed by atoms with E-state index in [1.54, 1.807) is 32.9 Å². The maximum atomic E-state index is 12.0. The molecule has 0 saturated heterocycles. The van der Waals surface area contributed by atoms with Crippen LogP contribution >= 0.6 is 0 Å². The minimum atomic E-state index is -0.575. The smallest absolute Gasteiger partial charge is 0.407 e. The number of ether oxygens (including phenoxy) is 4. The summed E-state index contributed by atoms with van der Waals surface area (Å²) in [6.07, 6.45) is -0.0728. The van der Waals surface area contributed by atoms with E-state index in [-0.39, 0.29) is 32.4 Å². The van der Waals surface area contributed by atoms with E-state index < -0.39 is 23.6 Å². The molecule has 1 heterocycles. The van der Waals surface area contributed by atoms with Gasteiger partial charge in [0.2, 0.25) is 6.79 Å². The molecule has 0 saturated carbocycles. The van der Waals surface area contributed by atoms with Crippen molar-refractivity contribution in [3.8, 4) is 11.5 Å². The number of amides is 2. The Kier molecular flexibility index (Phi) is 7.69. The third kappa shape index (κ3) is 7.89. The summed E-state index contributed by atoms with van der Waals surface area (Å²) in [4.78, 5) is 35.2. The number of esters is 1. The number of nitrogens with one attached hydrogen (secondary N) is 2. The fourth-order valence-corrected chi connectivity index (χ4v) is 2.50. The summed E-state index contributed by atoms with van der Waals surface area (Å²) in [7, 11) is 0. The molecule has 0 bridgehead atoms.